The first kappa shape index (κ1) is 24.6. The average molecular weight is 416 g/mol. The van der Waals surface area contributed by atoms with Crippen molar-refractivity contribution in [2.45, 2.75) is 39.5 Å². The monoisotopic (exact) mass is 415 g/mol. The van der Waals surface area contributed by atoms with E-state index in [9.17, 15) is 19.2 Å². The molecule has 0 atom stereocenters. The molecular formula is C22H24CuO4+2. The van der Waals surface area contributed by atoms with Gasteiger partial charge in [0.05, 0.1) is 12.8 Å². The Balaban J connectivity index is 0.000000483. The van der Waals surface area contributed by atoms with Crippen molar-refractivity contribution < 1.29 is 36.2 Å². The molecule has 0 heterocycles. The normalized spacial score (nSPS) is 9.26. The van der Waals surface area contributed by atoms with Crippen molar-refractivity contribution in [2.24, 2.45) is 0 Å². The average Bonchev–Trinajstić information content (AvgIpc) is 2.69. The number of hydrogen-bond donors (Lipinski definition) is 0. The van der Waals surface area contributed by atoms with E-state index in [1.54, 1.807) is 62.4 Å². The number of benzene rings is 2. The quantitative estimate of drug-likeness (QED) is 0.362. The summed E-state index contributed by atoms with van der Waals surface area (Å²) in [4.78, 5) is 44.7. The van der Waals surface area contributed by atoms with Gasteiger partial charge in [0.15, 0.2) is 11.6 Å². The molecule has 27 heavy (non-hydrogen) atoms. The largest absolute Gasteiger partial charge is 2.00 e. The first-order valence-corrected chi connectivity index (χ1v) is 8.67. The van der Waals surface area contributed by atoms with Crippen molar-refractivity contribution in [3.05, 3.63) is 71.8 Å². The molecule has 4 nitrogen and oxygen atoms in total. The maximum atomic E-state index is 11.4. The summed E-state index contributed by atoms with van der Waals surface area (Å²) in [6, 6.07) is 17.8. The number of hydrogen-bond acceptors (Lipinski definition) is 4. The van der Waals surface area contributed by atoms with Gasteiger partial charge < -0.3 is 0 Å². The summed E-state index contributed by atoms with van der Waals surface area (Å²) in [6.45, 7) is 3.53. The Labute approximate surface area is 170 Å². The van der Waals surface area contributed by atoms with Gasteiger partial charge in [-0.2, -0.15) is 0 Å². The first-order chi connectivity index (χ1) is 12.5. The van der Waals surface area contributed by atoms with Crippen LogP contribution in [0.4, 0.5) is 0 Å². The van der Waals surface area contributed by atoms with E-state index in [2.05, 4.69) is 0 Å². The van der Waals surface area contributed by atoms with Crippen LogP contribution in [-0.4, -0.2) is 23.1 Å². The third-order valence-corrected chi connectivity index (χ3v) is 3.70. The Kier molecular flexibility index (Phi) is 12.6. The minimum absolute atomic E-state index is 0. The number of Topliss-reactive ketones (excluding diaryl/α,β-unsaturated/α-hetero) is 4. The van der Waals surface area contributed by atoms with E-state index in [4.69, 9.17) is 0 Å². The first-order valence-electron chi connectivity index (χ1n) is 8.67. The Morgan fingerprint density at radius 2 is 0.889 bits per heavy atom. The maximum absolute atomic E-state index is 11.4. The molecule has 0 aliphatic rings. The van der Waals surface area contributed by atoms with E-state index in [0.29, 0.717) is 24.0 Å². The van der Waals surface area contributed by atoms with Crippen molar-refractivity contribution in [1.82, 2.24) is 0 Å². The van der Waals surface area contributed by atoms with Crippen molar-refractivity contribution in [1.29, 1.82) is 0 Å². The third-order valence-electron chi connectivity index (χ3n) is 3.70. The minimum atomic E-state index is -0.0903. The molecule has 0 N–H and O–H groups in total. The molecule has 2 rings (SSSR count). The summed E-state index contributed by atoms with van der Waals surface area (Å²) in [7, 11) is 0. The standard InChI is InChI=1S/2C11H12O2.Cu/c2*1-2-10(12)8-11(13)9-6-4-3-5-7-9;/h2*3-7H,2,8H2,1H3;/q;;+2. The summed E-state index contributed by atoms with van der Waals surface area (Å²) in [5.74, 6) is -0.192. The molecule has 0 saturated heterocycles. The molecule has 1 radical (unpaired) electrons. The van der Waals surface area contributed by atoms with Gasteiger partial charge >= 0.3 is 17.1 Å². The Hall–Kier alpha value is -2.36. The Morgan fingerprint density at radius 1 is 0.593 bits per heavy atom. The van der Waals surface area contributed by atoms with Gasteiger partial charge in [0, 0.05) is 24.0 Å². The molecule has 0 aliphatic heterocycles. The summed E-state index contributed by atoms with van der Waals surface area (Å²) >= 11 is 0. The van der Waals surface area contributed by atoms with Crippen LogP contribution in [0.3, 0.4) is 0 Å². The predicted octanol–water partition coefficient (Wildman–Crippen LogP) is 4.47. The Morgan fingerprint density at radius 3 is 1.15 bits per heavy atom. The summed E-state index contributed by atoms with van der Waals surface area (Å²) in [5, 5.41) is 0. The van der Waals surface area contributed by atoms with Crippen molar-refractivity contribution in [3.63, 3.8) is 0 Å². The number of rotatable bonds is 8. The molecule has 5 heteroatoms. The van der Waals surface area contributed by atoms with E-state index in [1.807, 2.05) is 12.1 Å². The zero-order chi connectivity index (χ0) is 19.4. The van der Waals surface area contributed by atoms with Gasteiger partial charge in [0.2, 0.25) is 0 Å². The van der Waals surface area contributed by atoms with Crippen LogP contribution < -0.4 is 0 Å². The van der Waals surface area contributed by atoms with Gasteiger partial charge in [-0.25, -0.2) is 0 Å². The zero-order valence-electron chi connectivity index (χ0n) is 15.5. The van der Waals surface area contributed by atoms with Crippen LogP contribution in [-0.2, 0) is 26.7 Å². The summed E-state index contributed by atoms with van der Waals surface area (Å²) in [5.41, 5.74) is 1.23. The predicted molar refractivity (Wildman–Crippen MR) is 101 cm³/mol. The molecule has 0 aliphatic carbocycles. The minimum Gasteiger partial charge on any atom is -0.299 e. The fourth-order valence-electron chi connectivity index (χ4n) is 2.06. The second-order valence-electron chi connectivity index (χ2n) is 5.72. The molecule has 0 unspecified atom stereocenters. The Bertz CT molecular complexity index is 674. The van der Waals surface area contributed by atoms with Crippen molar-refractivity contribution in [2.75, 3.05) is 0 Å². The summed E-state index contributed by atoms with van der Waals surface area (Å²) in [6.07, 6.45) is 0.915. The van der Waals surface area contributed by atoms with Crippen LogP contribution in [0.5, 0.6) is 0 Å². The van der Waals surface area contributed by atoms with Gasteiger partial charge in [-0.05, 0) is 0 Å². The van der Waals surface area contributed by atoms with Gasteiger partial charge in [0.25, 0.3) is 0 Å². The van der Waals surface area contributed by atoms with Gasteiger partial charge in [-0.15, -0.1) is 0 Å². The molecular weight excluding hydrogens is 392 g/mol. The van der Waals surface area contributed by atoms with Crippen LogP contribution >= 0.6 is 0 Å². The van der Waals surface area contributed by atoms with Gasteiger partial charge in [0.1, 0.15) is 11.6 Å². The van der Waals surface area contributed by atoms with E-state index < -0.39 is 0 Å². The fourth-order valence-corrected chi connectivity index (χ4v) is 2.06. The number of carbonyl (C=O) groups is 4. The number of carbonyl (C=O) groups excluding carboxylic acids is 4. The van der Waals surface area contributed by atoms with E-state index in [1.165, 1.54) is 0 Å². The molecule has 0 bridgehead atoms. The van der Waals surface area contributed by atoms with Crippen LogP contribution in [0.15, 0.2) is 60.7 Å². The van der Waals surface area contributed by atoms with Crippen molar-refractivity contribution in [3.8, 4) is 0 Å². The number of ketones is 4. The molecule has 0 aromatic heterocycles. The van der Waals surface area contributed by atoms with E-state index >= 15 is 0 Å². The SMILES string of the molecule is CCC(=O)CC(=O)c1ccccc1.CCC(=O)CC(=O)c1ccccc1.[Cu+2]. The third kappa shape index (κ3) is 9.78. The molecule has 0 saturated carbocycles. The topological polar surface area (TPSA) is 68.3 Å². The maximum Gasteiger partial charge on any atom is 2.00 e. The summed E-state index contributed by atoms with van der Waals surface area (Å²) < 4.78 is 0. The zero-order valence-corrected chi connectivity index (χ0v) is 16.5. The van der Waals surface area contributed by atoms with Gasteiger partial charge in [-0.1, -0.05) is 74.5 Å². The molecule has 2 aromatic rings. The van der Waals surface area contributed by atoms with Crippen molar-refractivity contribution >= 4 is 23.1 Å². The van der Waals surface area contributed by atoms with E-state index in [-0.39, 0.29) is 53.0 Å². The van der Waals surface area contributed by atoms with Crippen LogP contribution in [0.1, 0.15) is 60.2 Å². The van der Waals surface area contributed by atoms with Crippen LogP contribution in [0.25, 0.3) is 0 Å². The molecule has 0 fully saturated rings. The van der Waals surface area contributed by atoms with Gasteiger partial charge in [-0.3, -0.25) is 19.2 Å². The van der Waals surface area contributed by atoms with E-state index in [0.717, 1.165) is 0 Å². The second kappa shape index (κ2) is 13.8. The molecule has 2 aromatic carbocycles. The van der Waals surface area contributed by atoms with Crippen LogP contribution in [0.2, 0.25) is 0 Å². The fraction of sp³-hybridized carbons (Fsp3) is 0.273. The van der Waals surface area contributed by atoms with Crippen LogP contribution in [0, 0.1) is 0 Å². The smallest absolute Gasteiger partial charge is 0.299 e. The molecule has 0 spiro atoms. The second-order valence-corrected chi connectivity index (χ2v) is 5.72. The molecule has 145 valence electrons. The molecule has 0 amide bonds.